The first kappa shape index (κ1) is 24.9. The lowest BCUT2D eigenvalue weighted by atomic mass is 10.1. The van der Waals surface area contributed by atoms with Crippen LogP contribution in [-0.4, -0.2) is 67.5 Å². The number of hydrogen-bond acceptors (Lipinski definition) is 9. The number of thiazole rings is 1. The highest BCUT2D eigenvalue weighted by atomic mass is 32.2. The van der Waals surface area contributed by atoms with Gasteiger partial charge in [0.2, 0.25) is 0 Å². The molecular formula is C23H30N4O5S2. The Morgan fingerprint density at radius 2 is 1.91 bits per heavy atom. The fourth-order valence-electron chi connectivity index (χ4n) is 4.08. The molecule has 3 N–H and O–H groups in total. The van der Waals surface area contributed by atoms with Crippen LogP contribution in [0.15, 0.2) is 40.5 Å². The minimum absolute atomic E-state index is 0.00473. The number of oxime groups is 1. The monoisotopic (exact) mass is 506 g/mol. The predicted molar refractivity (Wildman–Crippen MR) is 131 cm³/mol. The standard InChI is InChI=1S/C23H30N4O5S2/c1-34(31)18-8-6-15(7-9-18)20(26-32-17-4-2-3-5-17)21(29)25-23-24-14-19(33-23)22(30)27-12-10-16(28)11-13-27/h6-9,14,16-17,22,28,30H,2-5,10-13H2,1H3,(H,24,25,29)/b26-20+. The zero-order valence-electron chi connectivity index (χ0n) is 19.1. The Labute approximate surface area is 205 Å². The van der Waals surface area contributed by atoms with Crippen molar-refractivity contribution in [2.75, 3.05) is 24.7 Å². The van der Waals surface area contributed by atoms with Crippen LogP contribution >= 0.6 is 11.3 Å². The van der Waals surface area contributed by atoms with Gasteiger partial charge in [-0.2, -0.15) is 0 Å². The van der Waals surface area contributed by atoms with Crippen molar-refractivity contribution in [1.82, 2.24) is 9.88 Å². The van der Waals surface area contributed by atoms with Gasteiger partial charge in [0.1, 0.15) is 12.3 Å². The molecule has 0 radical (unpaired) electrons. The maximum Gasteiger partial charge on any atom is 0.280 e. The SMILES string of the molecule is CS(=O)c1ccc(/C(=N\OC2CCCC2)C(=O)Nc2ncc(C(O)N3CCC(O)CC3)s2)cc1. The summed E-state index contributed by atoms with van der Waals surface area (Å²) in [6.45, 7) is 1.19. The van der Waals surface area contributed by atoms with E-state index in [-0.39, 0.29) is 17.9 Å². The van der Waals surface area contributed by atoms with Gasteiger partial charge in [0.05, 0.1) is 11.0 Å². The molecule has 1 aliphatic heterocycles. The van der Waals surface area contributed by atoms with Crippen LogP contribution < -0.4 is 5.32 Å². The van der Waals surface area contributed by atoms with E-state index >= 15 is 0 Å². The first-order chi connectivity index (χ1) is 16.4. The average molecular weight is 507 g/mol. The Balaban J connectivity index is 1.48. The minimum Gasteiger partial charge on any atom is -0.393 e. The number of carbonyl (C=O) groups excluding carboxylic acids is 1. The summed E-state index contributed by atoms with van der Waals surface area (Å²) in [5.41, 5.74) is 0.663. The van der Waals surface area contributed by atoms with Crippen LogP contribution in [0.4, 0.5) is 5.13 Å². The molecular weight excluding hydrogens is 476 g/mol. The van der Waals surface area contributed by atoms with E-state index in [1.807, 2.05) is 4.90 Å². The number of rotatable bonds is 8. The number of nitrogens with zero attached hydrogens (tertiary/aromatic N) is 3. The van der Waals surface area contributed by atoms with Crippen LogP contribution in [0.3, 0.4) is 0 Å². The molecule has 1 saturated heterocycles. The lowest BCUT2D eigenvalue weighted by molar-refractivity contribution is -0.110. The lowest BCUT2D eigenvalue weighted by Crippen LogP contribution is -2.38. The molecule has 2 heterocycles. The summed E-state index contributed by atoms with van der Waals surface area (Å²) in [7, 11) is -1.13. The molecule has 4 rings (SSSR count). The van der Waals surface area contributed by atoms with E-state index in [0.29, 0.717) is 46.4 Å². The number of piperidine rings is 1. The number of amides is 1. The van der Waals surface area contributed by atoms with Gasteiger partial charge in [0.15, 0.2) is 10.8 Å². The number of nitrogens with one attached hydrogen (secondary N) is 1. The summed E-state index contributed by atoms with van der Waals surface area (Å²) < 4.78 is 11.7. The number of carbonyl (C=O) groups is 1. The van der Waals surface area contributed by atoms with Crippen LogP contribution in [0.25, 0.3) is 0 Å². The van der Waals surface area contributed by atoms with Crippen LogP contribution in [0.1, 0.15) is 55.2 Å². The van der Waals surface area contributed by atoms with Crippen molar-refractivity contribution in [2.45, 2.75) is 61.9 Å². The molecule has 2 aliphatic rings. The number of anilines is 1. The van der Waals surface area contributed by atoms with Gasteiger partial charge < -0.3 is 15.1 Å². The summed E-state index contributed by atoms with van der Waals surface area (Å²) in [5, 5.41) is 27.7. The third kappa shape index (κ3) is 6.28. The summed E-state index contributed by atoms with van der Waals surface area (Å²) >= 11 is 1.19. The quantitative estimate of drug-likeness (QED) is 0.371. The zero-order valence-corrected chi connectivity index (χ0v) is 20.7. The van der Waals surface area contributed by atoms with Gasteiger partial charge in [-0.05, 0) is 50.7 Å². The van der Waals surface area contributed by atoms with Gasteiger partial charge in [-0.15, -0.1) is 0 Å². The predicted octanol–water partition coefficient (Wildman–Crippen LogP) is 2.63. The molecule has 1 amide bonds. The normalized spacial score (nSPS) is 20.3. The Kier molecular flexibility index (Phi) is 8.43. The Bertz CT molecular complexity index is 1030. The topological polar surface area (TPSA) is 124 Å². The molecule has 1 saturated carbocycles. The number of aliphatic hydroxyl groups excluding tert-OH is 2. The Morgan fingerprint density at radius 3 is 2.56 bits per heavy atom. The summed E-state index contributed by atoms with van der Waals surface area (Å²) in [4.78, 5) is 26.2. The van der Waals surface area contributed by atoms with Crippen molar-refractivity contribution in [3.8, 4) is 0 Å². The largest absolute Gasteiger partial charge is 0.393 e. The van der Waals surface area contributed by atoms with E-state index in [0.717, 1.165) is 25.7 Å². The van der Waals surface area contributed by atoms with Crippen LogP contribution in [0.2, 0.25) is 0 Å². The third-order valence-electron chi connectivity index (χ3n) is 6.11. The van der Waals surface area contributed by atoms with E-state index in [2.05, 4.69) is 15.5 Å². The minimum atomic E-state index is -1.13. The van der Waals surface area contributed by atoms with E-state index in [4.69, 9.17) is 4.84 Å². The molecule has 1 aromatic heterocycles. The van der Waals surface area contributed by atoms with Crippen LogP contribution in [0, 0.1) is 0 Å². The third-order valence-corrected chi connectivity index (χ3v) is 8.00. The smallest absolute Gasteiger partial charge is 0.280 e. The van der Waals surface area contributed by atoms with Crippen molar-refractivity contribution < 1.29 is 24.1 Å². The van der Waals surface area contributed by atoms with Crippen molar-refractivity contribution >= 4 is 38.9 Å². The van der Waals surface area contributed by atoms with Crippen molar-refractivity contribution in [3.63, 3.8) is 0 Å². The van der Waals surface area contributed by atoms with Crippen LogP contribution in [-0.2, 0) is 20.4 Å². The highest BCUT2D eigenvalue weighted by molar-refractivity contribution is 7.84. The second kappa shape index (κ2) is 11.5. The summed E-state index contributed by atoms with van der Waals surface area (Å²) in [6, 6.07) is 6.82. The van der Waals surface area contributed by atoms with E-state index in [1.54, 1.807) is 36.7 Å². The number of likely N-dealkylation sites (tertiary alicyclic amines) is 1. The molecule has 2 atom stereocenters. The van der Waals surface area contributed by atoms with E-state index < -0.39 is 22.9 Å². The molecule has 1 aromatic carbocycles. The molecule has 2 aromatic rings. The molecule has 0 bridgehead atoms. The number of aromatic nitrogens is 1. The molecule has 184 valence electrons. The highest BCUT2D eigenvalue weighted by Crippen LogP contribution is 2.29. The first-order valence-electron chi connectivity index (χ1n) is 11.5. The molecule has 34 heavy (non-hydrogen) atoms. The number of benzene rings is 1. The fourth-order valence-corrected chi connectivity index (χ4v) is 5.43. The molecule has 1 aliphatic carbocycles. The zero-order chi connectivity index (χ0) is 24.1. The fraction of sp³-hybridized carbons (Fsp3) is 0.522. The van der Waals surface area contributed by atoms with Gasteiger partial charge in [0.25, 0.3) is 5.91 Å². The number of hydrogen-bond donors (Lipinski definition) is 3. The maximum atomic E-state index is 13.1. The molecule has 2 unspecified atom stereocenters. The molecule has 0 spiro atoms. The van der Waals surface area contributed by atoms with Gasteiger partial charge in [-0.25, -0.2) is 4.98 Å². The van der Waals surface area contributed by atoms with E-state index in [9.17, 15) is 19.2 Å². The summed E-state index contributed by atoms with van der Waals surface area (Å²) in [6.07, 6.45) is 7.20. The second-order valence-electron chi connectivity index (χ2n) is 8.59. The van der Waals surface area contributed by atoms with Crippen molar-refractivity contribution in [3.05, 3.63) is 40.9 Å². The van der Waals surface area contributed by atoms with Gasteiger partial charge >= 0.3 is 0 Å². The summed E-state index contributed by atoms with van der Waals surface area (Å²) in [5.74, 6) is -0.472. The van der Waals surface area contributed by atoms with Gasteiger partial charge in [-0.3, -0.25) is 19.2 Å². The average Bonchev–Trinajstić information content (AvgIpc) is 3.52. The Hall–Kier alpha value is -2.18. The molecule has 11 heteroatoms. The van der Waals surface area contributed by atoms with Crippen LogP contribution in [0.5, 0.6) is 0 Å². The van der Waals surface area contributed by atoms with Gasteiger partial charge in [0, 0.05) is 46.8 Å². The number of aliphatic hydroxyl groups is 2. The first-order valence-corrected chi connectivity index (χ1v) is 13.8. The van der Waals surface area contributed by atoms with Gasteiger partial charge in [-0.1, -0.05) is 28.6 Å². The highest BCUT2D eigenvalue weighted by Gasteiger charge is 2.26. The maximum absolute atomic E-state index is 13.1. The molecule has 9 nitrogen and oxygen atoms in total. The van der Waals surface area contributed by atoms with E-state index in [1.165, 1.54) is 11.3 Å². The Morgan fingerprint density at radius 1 is 1.24 bits per heavy atom. The second-order valence-corrected chi connectivity index (χ2v) is 11.0. The van der Waals surface area contributed by atoms with Crippen molar-refractivity contribution in [2.24, 2.45) is 5.16 Å². The lowest BCUT2D eigenvalue weighted by Gasteiger charge is -2.32. The van der Waals surface area contributed by atoms with Crippen molar-refractivity contribution in [1.29, 1.82) is 0 Å². The molecule has 2 fully saturated rings.